The van der Waals surface area contributed by atoms with E-state index in [1.54, 1.807) is 6.08 Å². The van der Waals surface area contributed by atoms with Crippen LogP contribution in [0.2, 0.25) is 0 Å². The maximum Gasteiger partial charge on any atom is 0.235 e. The van der Waals surface area contributed by atoms with Crippen LogP contribution in [0.4, 0.5) is 0 Å². The molecule has 1 heterocycles. The predicted molar refractivity (Wildman–Crippen MR) is 65.6 cm³/mol. The van der Waals surface area contributed by atoms with Crippen LogP contribution >= 0.6 is 0 Å². The molecule has 0 radical (unpaired) electrons. The van der Waals surface area contributed by atoms with Crippen molar-refractivity contribution in [3.63, 3.8) is 0 Å². The Morgan fingerprint density at radius 2 is 2.18 bits per heavy atom. The van der Waals surface area contributed by atoms with Crippen LogP contribution in [-0.4, -0.2) is 19.3 Å². The van der Waals surface area contributed by atoms with Gasteiger partial charge in [0.05, 0.1) is 6.04 Å². The average molecular weight is 231 g/mol. The minimum absolute atomic E-state index is 0.0590. The number of benzene rings is 1. The van der Waals surface area contributed by atoms with Gasteiger partial charge < -0.3 is 4.74 Å². The highest BCUT2D eigenvalue weighted by molar-refractivity contribution is 5.36. The van der Waals surface area contributed by atoms with E-state index in [-0.39, 0.29) is 6.04 Å². The van der Waals surface area contributed by atoms with E-state index in [1.807, 2.05) is 12.1 Å². The molecule has 0 spiro atoms. The maximum absolute atomic E-state index is 10.6. The van der Waals surface area contributed by atoms with E-state index in [9.17, 15) is 4.79 Å². The van der Waals surface area contributed by atoms with Crippen molar-refractivity contribution in [1.29, 1.82) is 0 Å². The fourth-order valence-electron chi connectivity index (χ4n) is 2.39. The lowest BCUT2D eigenvalue weighted by Crippen LogP contribution is -2.21. The largest absolute Gasteiger partial charge is 0.381 e. The Morgan fingerprint density at radius 3 is 2.82 bits per heavy atom. The molecule has 2 rings (SSSR count). The minimum Gasteiger partial charge on any atom is -0.381 e. The van der Waals surface area contributed by atoms with Gasteiger partial charge in [-0.15, -0.1) is 0 Å². The zero-order valence-corrected chi connectivity index (χ0v) is 10.1. The lowest BCUT2D eigenvalue weighted by atomic mass is 9.87. The van der Waals surface area contributed by atoms with Crippen molar-refractivity contribution in [3.8, 4) is 0 Å². The molecule has 0 saturated carbocycles. The molecule has 0 amide bonds. The summed E-state index contributed by atoms with van der Waals surface area (Å²) >= 11 is 0. The Kier molecular flexibility index (Phi) is 4.08. The Balaban J connectivity index is 2.24. The quantitative estimate of drug-likeness (QED) is 0.592. The van der Waals surface area contributed by atoms with E-state index in [2.05, 4.69) is 24.0 Å². The van der Waals surface area contributed by atoms with Crippen molar-refractivity contribution in [2.45, 2.75) is 25.8 Å². The molecule has 3 heteroatoms. The van der Waals surface area contributed by atoms with Crippen molar-refractivity contribution < 1.29 is 9.53 Å². The molecule has 90 valence electrons. The second-order valence-corrected chi connectivity index (χ2v) is 4.53. The van der Waals surface area contributed by atoms with Crippen molar-refractivity contribution >= 4 is 6.08 Å². The zero-order valence-electron chi connectivity index (χ0n) is 10.1. The third-order valence-electron chi connectivity index (χ3n) is 3.29. The predicted octanol–water partition coefficient (Wildman–Crippen LogP) is 2.80. The molecule has 1 aromatic rings. The summed E-state index contributed by atoms with van der Waals surface area (Å²) in [6.45, 7) is 3.58. The molecule has 1 fully saturated rings. The summed E-state index contributed by atoms with van der Waals surface area (Å²) < 4.78 is 5.35. The van der Waals surface area contributed by atoms with Gasteiger partial charge in [0.15, 0.2) is 0 Å². The first-order chi connectivity index (χ1) is 8.31. The topological polar surface area (TPSA) is 38.7 Å². The van der Waals surface area contributed by atoms with Crippen LogP contribution in [-0.2, 0) is 9.53 Å². The molecule has 17 heavy (non-hydrogen) atoms. The van der Waals surface area contributed by atoms with Gasteiger partial charge in [-0.1, -0.05) is 29.8 Å². The van der Waals surface area contributed by atoms with E-state index in [4.69, 9.17) is 4.74 Å². The first-order valence-corrected chi connectivity index (χ1v) is 6.02. The third-order valence-corrected chi connectivity index (χ3v) is 3.29. The smallest absolute Gasteiger partial charge is 0.235 e. The second-order valence-electron chi connectivity index (χ2n) is 4.53. The number of hydrogen-bond acceptors (Lipinski definition) is 3. The molecule has 1 unspecified atom stereocenters. The van der Waals surface area contributed by atoms with Gasteiger partial charge in [-0.05, 0) is 31.2 Å². The summed E-state index contributed by atoms with van der Waals surface area (Å²) in [4.78, 5) is 14.6. The summed E-state index contributed by atoms with van der Waals surface area (Å²) in [6.07, 6.45) is 3.64. The molecule has 1 aliphatic rings. The number of aryl methyl sites for hydroxylation is 1. The number of hydrogen-bond donors (Lipinski definition) is 0. The highest BCUT2D eigenvalue weighted by Gasteiger charge is 2.25. The standard InChI is InChI=1S/C14H17NO2/c1-11-3-2-4-13(9-11)14(15-10-16)12-5-7-17-8-6-12/h2-4,9,12,14H,5-8H2,1H3. The summed E-state index contributed by atoms with van der Waals surface area (Å²) in [7, 11) is 0. The van der Waals surface area contributed by atoms with Crippen molar-refractivity contribution in [2.75, 3.05) is 13.2 Å². The van der Waals surface area contributed by atoms with Gasteiger partial charge in [-0.25, -0.2) is 4.79 Å². The first-order valence-electron chi connectivity index (χ1n) is 6.02. The normalized spacial score (nSPS) is 18.4. The Bertz CT molecular complexity index is 418. The first kappa shape index (κ1) is 12.0. The van der Waals surface area contributed by atoms with Crippen LogP contribution in [0.25, 0.3) is 0 Å². The van der Waals surface area contributed by atoms with Gasteiger partial charge in [0.1, 0.15) is 0 Å². The van der Waals surface area contributed by atoms with Crippen LogP contribution in [0.3, 0.4) is 0 Å². The SMILES string of the molecule is Cc1cccc(C(N=C=O)C2CCOCC2)c1. The van der Waals surface area contributed by atoms with Gasteiger partial charge in [0, 0.05) is 13.2 Å². The van der Waals surface area contributed by atoms with Gasteiger partial charge in [-0.3, -0.25) is 0 Å². The highest BCUT2D eigenvalue weighted by atomic mass is 16.5. The fourth-order valence-corrected chi connectivity index (χ4v) is 2.39. The molecular weight excluding hydrogens is 214 g/mol. The summed E-state index contributed by atoms with van der Waals surface area (Å²) in [5.74, 6) is 0.395. The number of rotatable bonds is 3. The van der Waals surface area contributed by atoms with E-state index in [1.165, 1.54) is 5.56 Å². The Hall–Kier alpha value is -1.44. The van der Waals surface area contributed by atoms with Crippen LogP contribution < -0.4 is 0 Å². The fraction of sp³-hybridized carbons (Fsp3) is 0.500. The Morgan fingerprint density at radius 1 is 1.41 bits per heavy atom. The van der Waals surface area contributed by atoms with Crippen LogP contribution in [0.15, 0.2) is 29.3 Å². The van der Waals surface area contributed by atoms with Crippen LogP contribution in [0, 0.1) is 12.8 Å². The number of nitrogens with zero attached hydrogens (tertiary/aromatic N) is 1. The summed E-state index contributed by atoms with van der Waals surface area (Å²) in [6, 6.07) is 8.14. The zero-order chi connectivity index (χ0) is 12.1. The molecule has 1 saturated heterocycles. The van der Waals surface area contributed by atoms with E-state index in [0.29, 0.717) is 5.92 Å². The van der Waals surface area contributed by atoms with Gasteiger partial charge in [-0.2, -0.15) is 4.99 Å². The molecule has 0 N–H and O–H groups in total. The lowest BCUT2D eigenvalue weighted by molar-refractivity contribution is 0.0586. The maximum atomic E-state index is 10.6. The van der Waals surface area contributed by atoms with Gasteiger partial charge >= 0.3 is 0 Å². The van der Waals surface area contributed by atoms with E-state index in [0.717, 1.165) is 31.6 Å². The third kappa shape index (κ3) is 3.02. The average Bonchev–Trinajstić information content (AvgIpc) is 2.37. The number of ether oxygens (including phenoxy) is 1. The number of carbonyl (C=O) groups excluding carboxylic acids is 1. The molecule has 0 bridgehead atoms. The summed E-state index contributed by atoms with van der Waals surface area (Å²) in [5.41, 5.74) is 2.31. The number of isocyanates is 1. The van der Waals surface area contributed by atoms with E-state index < -0.39 is 0 Å². The molecule has 0 aromatic heterocycles. The van der Waals surface area contributed by atoms with E-state index >= 15 is 0 Å². The molecule has 1 aromatic carbocycles. The highest BCUT2D eigenvalue weighted by Crippen LogP contribution is 2.33. The Labute approximate surface area is 102 Å². The molecular formula is C14H17NO2. The summed E-state index contributed by atoms with van der Waals surface area (Å²) in [5, 5.41) is 0. The molecule has 3 nitrogen and oxygen atoms in total. The molecule has 1 atom stereocenters. The van der Waals surface area contributed by atoms with Crippen molar-refractivity contribution in [1.82, 2.24) is 0 Å². The van der Waals surface area contributed by atoms with Crippen LogP contribution in [0.5, 0.6) is 0 Å². The number of aliphatic imine (C=N–C) groups is 1. The van der Waals surface area contributed by atoms with Crippen LogP contribution in [0.1, 0.15) is 30.0 Å². The molecule has 1 aliphatic heterocycles. The molecule has 0 aliphatic carbocycles. The second kappa shape index (κ2) is 5.76. The van der Waals surface area contributed by atoms with Gasteiger partial charge in [0.25, 0.3) is 0 Å². The monoisotopic (exact) mass is 231 g/mol. The van der Waals surface area contributed by atoms with Crippen molar-refractivity contribution in [2.24, 2.45) is 10.9 Å². The lowest BCUT2D eigenvalue weighted by Gasteiger charge is -2.27. The van der Waals surface area contributed by atoms with Gasteiger partial charge in [0.2, 0.25) is 6.08 Å². The van der Waals surface area contributed by atoms with Crippen molar-refractivity contribution in [3.05, 3.63) is 35.4 Å². The minimum atomic E-state index is -0.0590.